The van der Waals surface area contributed by atoms with Gasteiger partial charge in [0, 0.05) is 25.9 Å². The van der Waals surface area contributed by atoms with Gasteiger partial charge in [0.25, 0.3) is 0 Å². The van der Waals surface area contributed by atoms with Gasteiger partial charge in [-0.3, -0.25) is 0 Å². The highest BCUT2D eigenvalue weighted by molar-refractivity contribution is 7.80. The Bertz CT molecular complexity index is 460. The minimum Gasteiger partial charge on any atom is -0.496 e. The maximum absolute atomic E-state index is 5.34. The highest BCUT2D eigenvalue weighted by Gasteiger charge is 2.09. The number of methoxy groups -OCH3 is 1. The van der Waals surface area contributed by atoms with Crippen LogP contribution >= 0.6 is 24.0 Å². The Kier molecular flexibility index (Phi) is 2.70. The van der Waals surface area contributed by atoms with E-state index in [1.54, 1.807) is 18.4 Å². The number of hydrogen-bond donors (Lipinski definition) is 1. The minimum atomic E-state index is 0.982. The van der Waals surface area contributed by atoms with Crippen LogP contribution in [0.5, 0.6) is 5.75 Å². The van der Waals surface area contributed by atoms with Gasteiger partial charge in [-0.05, 0) is 18.6 Å². The van der Waals surface area contributed by atoms with Gasteiger partial charge in [-0.2, -0.15) is 0 Å². The Morgan fingerprint density at radius 1 is 1.43 bits per heavy atom. The Balaban J connectivity index is 2.77. The molecular weight excluding hydrogens is 212 g/mol. The maximum atomic E-state index is 5.34. The van der Waals surface area contributed by atoms with Gasteiger partial charge in [0.2, 0.25) is 0 Å². The van der Waals surface area contributed by atoms with Crippen LogP contribution in [0.1, 0.15) is 12.5 Å². The largest absolute Gasteiger partial charge is 0.496 e. The van der Waals surface area contributed by atoms with Crippen molar-refractivity contribution in [2.75, 3.05) is 7.11 Å². The third-order valence-electron chi connectivity index (χ3n) is 2.36. The lowest BCUT2D eigenvalue weighted by atomic mass is 10.1. The second kappa shape index (κ2) is 3.83. The second-order valence-corrected chi connectivity index (χ2v) is 4.46. The molecule has 3 heteroatoms. The number of ether oxygens (including phenoxy) is 1. The van der Waals surface area contributed by atoms with Crippen LogP contribution < -0.4 is 4.74 Å². The van der Waals surface area contributed by atoms with Crippen LogP contribution in [0.4, 0.5) is 0 Å². The summed E-state index contributed by atoms with van der Waals surface area (Å²) in [6.45, 7) is 2.15. The van der Waals surface area contributed by atoms with Crippen molar-refractivity contribution < 1.29 is 4.74 Å². The molecule has 1 aromatic heterocycles. The van der Waals surface area contributed by atoms with Crippen LogP contribution in [0.25, 0.3) is 10.1 Å². The Hall–Kier alpha value is -0.670. The standard InChI is InChI=1S/C11H12OS2/c1-3-7-9(12-2)5-4-8-10(13)6-14-11(7)8/h4-6,13H,3H2,1-2H3. The SMILES string of the molecule is CCc1c(OC)ccc2c(S)csc12. The monoisotopic (exact) mass is 224 g/mol. The Morgan fingerprint density at radius 2 is 2.21 bits per heavy atom. The predicted octanol–water partition coefficient (Wildman–Crippen LogP) is 3.76. The lowest BCUT2D eigenvalue weighted by Crippen LogP contribution is -1.89. The van der Waals surface area contributed by atoms with Crippen LogP contribution in [0.3, 0.4) is 0 Å². The minimum absolute atomic E-state index is 0.982. The van der Waals surface area contributed by atoms with E-state index < -0.39 is 0 Å². The van der Waals surface area contributed by atoms with Crippen LogP contribution in [0.15, 0.2) is 22.4 Å². The van der Waals surface area contributed by atoms with Gasteiger partial charge in [0.05, 0.1) is 7.11 Å². The van der Waals surface area contributed by atoms with E-state index in [1.807, 2.05) is 6.07 Å². The summed E-state index contributed by atoms with van der Waals surface area (Å²) in [5.41, 5.74) is 1.29. The summed E-state index contributed by atoms with van der Waals surface area (Å²) in [7, 11) is 1.72. The first-order valence-electron chi connectivity index (χ1n) is 4.54. The van der Waals surface area contributed by atoms with Crippen LogP contribution in [-0.4, -0.2) is 7.11 Å². The van der Waals surface area contributed by atoms with Gasteiger partial charge in [0.1, 0.15) is 5.75 Å². The average molecular weight is 224 g/mol. The molecule has 0 aliphatic heterocycles. The van der Waals surface area contributed by atoms with Gasteiger partial charge in [-0.25, -0.2) is 0 Å². The first kappa shape index (κ1) is 9.87. The van der Waals surface area contributed by atoms with E-state index in [4.69, 9.17) is 4.74 Å². The summed E-state index contributed by atoms with van der Waals surface area (Å²) >= 11 is 6.16. The predicted molar refractivity (Wildman–Crippen MR) is 65.0 cm³/mol. The molecule has 0 radical (unpaired) electrons. The molecule has 0 bridgehead atoms. The third-order valence-corrected chi connectivity index (χ3v) is 3.96. The van der Waals surface area contributed by atoms with Crippen molar-refractivity contribution in [1.29, 1.82) is 0 Å². The molecule has 0 aliphatic rings. The summed E-state index contributed by atoms with van der Waals surface area (Å²) in [5, 5.41) is 3.31. The number of benzene rings is 1. The molecule has 0 N–H and O–H groups in total. The van der Waals surface area contributed by atoms with E-state index in [2.05, 4.69) is 31.0 Å². The Labute approximate surface area is 93.1 Å². The first-order chi connectivity index (χ1) is 6.77. The number of rotatable bonds is 2. The molecule has 0 spiro atoms. The first-order valence-corrected chi connectivity index (χ1v) is 5.86. The molecule has 2 rings (SSSR count). The number of thiol groups is 1. The highest BCUT2D eigenvalue weighted by atomic mass is 32.1. The third kappa shape index (κ3) is 1.41. The molecule has 1 heterocycles. The van der Waals surface area contributed by atoms with Crippen LogP contribution in [-0.2, 0) is 6.42 Å². The molecule has 0 unspecified atom stereocenters. The molecule has 1 nitrogen and oxygen atoms in total. The number of fused-ring (bicyclic) bond motifs is 1. The number of thiophene rings is 1. The molecule has 74 valence electrons. The molecule has 0 atom stereocenters. The van der Waals surface area contributed by atoms with Crippen molar-refractivity contribution in [3.63, 3.8) is 0 Å². The van der Waals surface area contributed by atoms with Crippen molar-refractivity contribution >= 4 is 34.1 Å². The van der Waals surface area contributed by atoms with Gasteiger partial charge >= 0.3 is 0 Å². The van der Waals surface area contributed by atoms with Crippen LogP contribution in [0.2, 0.25) is 0 Å². The summed E-state index contributed by atoms with van der Waals surface area (Å²) < 4.78 is 6.64. The second-order valence-electron chi connectivity index (χ2n) is 3.10. The molecule has 0 saturated heterocycles. The summed E-state index contributed by atoms with van der Waals surface area (Å²) in [5.74, 6) is 0.982. The molecule has 0 fully saturated rings. The van der Waals surface area contributed by atoms with Crippen molar-refractivity contribution in [2.24, 2.45) is 0 Å². The summed E-state index contributed by atoms with van der Waals surface area (Å²) in [6.07, 6.45) is 0.994. The van der Waals surface area contributed by atoms with Gasteiger partial charge < -0.3 is 4.74 Å². The van der Waals surface area contributed by atoms with Crippen molar-refractivity contribution in [3.8, 4) is 5.75 Å². The van der Waals surface area contributed by atoms with Crippen molar-refractivity contribution in [2.45, 2.75) is 18.2 Å². The fourth-order valence-corrected chi connectivity index (χ4v) is 3.12. The smallest absolute Gasteiger partial charge is 0.123 e. The summed E-state index contributed by atoms with van der Waals surface area (Å²) in [4.78, 5) is 1.06. The average Bonchev–Trinajstić information content (AvgIpc) is 2.59. The van der Waals surface area contributed by atoms with E-state index >= 15 is 0 Å². The topological polar surface area (TPSA) is 9.23 Å². The number of hydrogen-bond acceptors (Lipinski definition) is 3. The van der Waals surface area contributed by atoms with E-state index in [0.29, 0.717) is 0 Å². The zero-order chi connectivity index (χ0) is 10.1. The lowest BCUT2D eigenvalue weighted by molar-refractivity contribution is 0.411. The molecule has 1 aromatic carbocycles. The van der Waals surface area contributed by atoms with Gasteiger partial charge in [-0.15, -0.1) is 24.0 Å². The Morgan fingerprint density at radius 3 is 2.86 bits per heavy atom. The molecule has 0 amide bonds. The fourth-order valence-electron chi connectivity index (χ4n) is 1.65. The quantitative estimate of drug-likeness (QED) is 0.764. The number of aryl methyl sites for hydroxylation is 1. The van der Waals surface area contributed by atoms with Gasteiger partial charge in [-0.1, -0.05) is 6.92 Å². The van der Waals surface area contributed by atoms with E-state index in [9.17, 15) is 0 Å². The normalized spacial score (nSPS) is 10.8. The van der Waals surface area contributed by atoms with E-state index in [-0.39, 0.29) is 0 Å². The molecule has 0 saturated carbocycles. The molecular formula is C11H12OS2. The van der Waals surface area contributed by atoms with Crippen LogP contribution in [0, 0.1) is 0 Å². The van der Waals surface area contributed by atoms with Crippen molar-refractivity contribution in [3.05, 3.63) is 23.1 Å². The van der Waals surface area contributed by atoms with E-state index in [0.717, 1.165) is 17.1 Å². The van der Waals surface area contributed by atoms with Gasteiger partial charge in [0.15, 0.2) is 0 Å². The summed E-state index contributed by atoms with van der Waals surface area (Å²) in [6, 6.07) is 4.10. The van der Waals surface area contributed by atoms with Crippen molar-refractivity contribution in [1.82, 2.24) is 0 Å². The van der Waals surface area contributed by atoms with E-state index in [1.165, 1.54) is 15.6 Å². The molecule has 14 heavy (non-hydrogen) atoms. The maximum Gasteiger partial charge on any atom is 0.123 e. The zero-order valence-corrected chi connectivity index (χ0v) is 9.91. The fraction of sp³-hybridized carbons (Fsp3) is 0.273. The molecule has 2 aromatic rings. The molecule has 0 aliphatic carbocycles. The zero-order valence-electron chi connectivity index (χ0n) is 8.20. The highest BCUT2D eigenvalue weighted by Crippen LogP contribution is 2.36. The lowest BCUT2D eigenvalue weighted by Gasteiger charge is -2.07.